The van der Waals surface area contributed by atoms with Gasteiger partial charge in [-0.25, -0.2) is 13.1 Å². The number of nitrogens with one attached hydrogen (secondary N) is 1. The second kappa shape index (κ2) is 8.19. The fourth-order valence-electron chi connectivity index (χ4n) is 1.72. The molecule has 0 aliphatic heterocycles. The van der Waals surface area contributed by atoms with Gasteiger partial charge >= 0.3 is 0 Å². The predicted octanol–water partition coefficient (Wildman–Crippen LogP) is 0.188. The van der Waals surface area contributed by atoms with E-state index in [1.165, 1.54) is 36.1 Å². The van der Waals surface area contributed by atoms with Gasteiger partial charge in [-0.3, -0.25) is 9.59 Å². The van der Waals surface area contributed by atoms with Gasteiger partial charge in [0.05, 0.1) is 11.4 Å². The topological polar surface area (TPSA) is 86.8 Å². The normalized spacial score (nSPS) is 11.5. The quantitative estimate of drug-likeness (QED) is 0.682. The van der Waals surface area contributed by atoms with Crippen LogP contribution in [0.15, 0.2) is 29.2 Å². The highest BCUT2D eigenvalue weighted by atomic mass is 32.2. The van der Waals surface area contributed by atoms with Crippen LogP contribution in [0.3, 0.4) is 0 Å². The van der Waals surface area contributed by atoms with E-state index < -0.39 is 10.0 Å². The number of sulfonamides is 1. The Kier molecular flexibility index (Phi) is 6.86. The Morgan fingerprint density at radius 1 is 1.04 bits per heavy atom. The van der Waals surface area contributed by atoms with E-state index >= 15 is 0 Å². The molecule has 0 heterocycles. The molecule has 0 aliphatic rings. The van der Waals surface area contributed by atoms with Crippen molar-refractivity contribution < 1.29 is 18.0 Å². The van der Waals surface area contributed by atoms with Crippen LogP contribution in [0, 0.1) is 0 Å². The van der Waals surface area contributed by atoms with Crippen molar-refractivity contribution in [3.63, 3.8) is 0 Å². The van der Waals surface area contributed by atoms with Crippen LogP contribution in [0.2, 0.25) is 0 Å². The monoisotopic (exact) mass is 341 g/mol. The summed E-state index contributed by atoms with van der Waals surface area (Å²) in [5, 5.41) is 0. The van der Waals surface area contributed by atoms with E-state index in [4.69, 9.17) is 0 Å². The maximum Gasteiger partial charge on any atom is 0.241 e. The van der Waals surface area contributed by atoms with Crippen molar-refractivity contribution in [3.8, 4) is 0 Å². The van der Waals surface area contributed by atoms with Crippen molar-refractivity contribution in [2.75, 3.05) is 40.8 Å². The molecule has 0 fully saturated rings. The van der Waals surface area contributed by atoms with Crippen LogP contribution in [0.5, 0.6) is 0 Å². The largest absolute Gasteiger partial charge is 0.343 e. The molecule has 0 atom stereocenters. The number of benzene rings is 1. The van der Waals surface area contributed by atoms with Crippen LogP contribution >= 0.6 is 0 Å². The van der Waals surface area contributed by atoms with Crippen LogP contribution in [0.1, 0.15) is 17.3 Å². The highest BCUT2D eigenvalue weighted by Gasteiger charge is 2.17. The van der Waals surface area contributed by atoms with Crippen molar-refractivity contribution in [2.45, 2.75) is 11.8 Å². The molecule has 8 heteroatoms. The maximum absolute atomic E-state index is 12.1. The molecule has 0 saturated carbocycles. The van der Waals surface area contributed by atoms with E-state index in [9.17, 15) is 18.0 Å². The van der Waals surface area contributed by atoms with Gasteiger partial charge in [0.15, 0.2) is 5.78 Å². The average Bonchev–Trinajstić information content (AvgIpc) is 2.50. The summed E-state index contributed by atoms with van der Waals surface area (Å²) in [5.74, 6) is -0.449. The van der Waals surface area contributed by atoms with Crippen LogP contribution in [-0.4, -0.2) is 70.7 Å². The molecule has 7 nitrogen and oxygen atoms in total. The molecule has 128 valence electrons. The van der Waals surface area contributed by atoms with Crippen LogP contribution < -0.4 is 4.72 Å². The standard InChI is InChI=1S/C15H23N3O4S/c1-12(19)13-5-7-14(8-6-13)23(21,22)16-11-15(20)18(4)10-9-17(2)3/h5-8,16H,9-11H2,1-4H3. The Labute approximate surface area is 137 Å². The minimum absolute atomic E-state index is 0.0197. The number of hydrogen-bond donors (Lipinski definition) is 1. The van der Waals surface area contributed by atoms with Gasteiger partial charge in [0.1, 0.15) is 0 Å². The first kappa shape index (κ1) is 19.3. The lowest BCUT2D eigenvalue weighted by molar-refractivity contribution is -0.128. The first-order valence-electron chi connectivity index (χ1n) is 7.13. The predicted molar refractivity (Wildman–Crippen MR) is 87.8 cm³/mol. The molecule has 1 rings (SSSR count). The Balaban J connectivity index is 2.64. The number of Topliss-reactive ketones (excluding diaryl/α,β-unsaturated/α-hetero) is 1. The van der Waals surface area contributed by atoms with Gasteiger partial charge in [0, 0.05) is 25.7 Å². The number of ketones is 1. The summed E-state index contributed by atoms with van der Waals surface area (Å²) in [4.78, 5) is 26.5. The van der Waals surface area contributed by atoms with Crippen molar-refractivity contribution in [1.82, 2.24) is 14.5 Å². The molecule has 1 aromatic rings. The molecule has 23 heavy (non-hydrogen) atoms. The maximum atomic E-state index is 12.1. The number of carbonyl (C=O) groups excluding carboxylic acids is 2. The van der Waals surface area contributed by atoms with E-state index in [-0.39, 0.29) is 23.1 Å². The minimum Gasteiger partial charge on any atom is -0.343 e. The molecular weight excluding hydrogens is 318 g/mol. The Bertz CT molecular complexity index is 654. The van der Waals surface area contributed by atoms with Gasteiger partial charge in [-0.05, 0) is 33.2 Å². The third-order valence-corrected chi connectivity index (χ3v) is 4.71. The highest BCUT2D eigenvalue weighted by molar-refractivity contribution is 7.89. The molecule has 0 unspecified atom stereocenters. The van der Waals surface area contributed by atoms with Crippen LogP contribution in [0.25, 0.3) is 0 Å². The van der Waals surface area contributed by atoms with Crippen molar-refractivity contribution >= 4 is 21.7 Å². The lowest BCUT2D eigenvalue weighted by Crippen LogP contribution is -2.40. The fraction of sp³-hybridized carbons (Fsp3) is 0.467. The van der Waals surface area contributed by atoms with Crippen LogP contribution in [0.4, 0.5) is 0 Å². The van der Waals surface area contributed by atoms with Gasteiger partial charge < -0.3 is 9.80 Å². The van der Waals surface area contributed by atoms with Crippen molar-refractivity contribution in [3.05, 3.63) is 29.8 Å². The summed E-state index contributed by atoms with van der Waals surface area (Å²) >= 11 is 0. The van der Waals surface area contributed by atoms with E-state index in [1.807, 2.05) is 19.0 Å². The summed E-state index contributed by atoms with van der Waals surface area (Å²) in [5.41, 5.74) is 0.434. The zero-order valence-electron chi connectivity index (χ0n) is 13.9. The first-order valence-corrected chi connectivity index (χ1v) is 8.61. The molecule has 0 radical (unpaired) electrons. The van der Waals surface area contributed by atoms with Gasteiger partial charge in [-0.15, -0.1) is 0 Å². The molecule has 0 aliphatic carbocycles. The molecule has 0 aromatic heterocycles. The highest BCUT2D eigenvalue weighted by Crippen LogP contribution is 2.10. The lowest BCUT2D eigenvalue weighted by atomic mass is 10.2. The summed E-state index contributed by atoms with van der Waals surface area (Å²) < 4.78 is 26.5. The Morgan fingerprint density at radius 2 is 1.61 bits per heavy atom. The SMILES string of the molecule is CC(=O)c1ccc(S(=O)(=O)NCC(=O)N(C)CCN(C)C)cc1. The van der Waals surface area contributed by atoms with Gasteiger partial charge in [-0.2, -0.15) is 0 Å². The van der Waals surface area contributed by atoms with E-state index in [1.54, 1.807) is 7.05 Å². The smallest absolute Gasteiger partial charge is 0.241 e. The van der Waals surface area contributed by atoms with Gasteiger partial charge in [0.25, 0.3) is 0 Å². The van der Waals surface area contributed by atoms with E-state index in [0.717, 1.165) is 0 Å². The molecule has 1 N–H and O–H groups in total. The summed E-state index contributed by atoms with van der Waals surface area (Å²) in [6, 6.07) is 5.59. The number of amides is 1. The lowest BCUT2D eigenvalue weighted by Gasteiger charge is -2.19. The molecule has 1 amide bonds. The van der Waals surface area contributed by atoms with Gasteiger partial charge in [0.2, 0.25) is 15.9 Å². The van der Waals surface area contributed by atoms with E-state index in [2.05, 4.69) is 4.72 Å². The third kappa shape index (κ3) is 6.09. The number of hydrogen-bond acceptors (Lipinski definition) is 5. The number of likely N-dealkylation sites (N-methyl/N-ethyl adjacent to an activating group) is 2. The summed E-state index contributed by atoms with van der Waals surface area (Å²) in [6.07, 6.45) is 0. The number of rotatable bonds is 8. The second-order valence-corrected chi connectivity index (χ2v) is 7.29. The summed E-state index contributed by atoms with van der Waals surface area (Å²) in [7, 11) is 1.63. The second-order valence-electron chi connectivity index (χ2n) is 5.52. The van der Waals surface area contributed by atoms with Crippen molar-refractivity contribution in [1.29, 1.82) is 0 Å². The van der Waals surface area contributed by atoms with Crippen molar-refractivity contribution in [2.24, 2.45) is 0 Å². The Hall–Kier alpha value is -1.77. The minimum atomic E-state index is -3.78. The van der Waals surface area contributed by atoms with Gasteiger partial charge in [-0.1, -0.05) is 12.1 Å². The zero-order chi connectivity index (χ0) is 17.6. The Morgan fingerprint density at radius 3 is 2.09 bits per heavy atom. The number of nitrogens with zero attached hydrogens (tertiary/aromatic N) is 2. The zero-order valence-corrected chi connectivity index (χ0v) is 14.7. The van der Waals surface area contributed by atoms with Crippen LogP contribution in [-0.2, 0) is 14.8 Å². The molecule has 0 saturated heterocycles. The molecule has 0 spiro atoms. The average molecular weight is 341 g/mol. The fourth-order valence-corrected chi connectivity index (χ4v) is 2.69. The molecular formula is C15H23N3O4S. The summed E-state index contributed by atoms with van der Waals surface area (Å²) in [6.45, 7) is 2.31. The molecule has 0 bridgehead atoms. The molecule has 1 aromatic carbocycles. The van der Waals surface area contributed by atoms with E-state index in [0.29, 0.717) is 18.7 Å². The number of carbonyl (C=O) groups is 2. The first-order chi connectivity index (χ1) is 10.6. The third-order valence-electron chi connectivity index (χ3n) is 3.29.